The van der Waals surface area contributed by atoms with Crippen LogP contribution in [0.3, 0.4) is 0 Å². The van der Waals surface area contributed by atoms with Crippen LogP contribution in [0.4, 0.5) is 0 Å². The Kier molecular flexibility index (Phi) is 6.13. The van der Waals surface area contributed by atoms with Crippen molar-refractivity contribution in [2.75, 3.05) is 0 Å². The summed E-state index contributed by atoms with van der Waals surface area (Å²) in [5.74, 6) is -3.90. The Hall–Kier alpha value is -1.78. The van der Waals surface area contributed by atoms with Crippen LogP contribution in [0.15, 0.2) is 47.4 Å². The fourth-order valence-corrected chi connectivity index (χ4v) is 7.61. The first-order valence-corrected chi connectivity index (χ1v) is 13.8. The number of rotatable bonds is 5. The number of carbonyl (C=O) groups excluding carboxylic acids is 3. The van der Waals surface area contributed by atoms with Crippen molar-refractivity contribution in [1.29, 1.82) is 0 Å². The number of hydrogen-bond donors (Lipinski definition) is 1. The lowest BCUT2D eigenvalue weighted by Gasteiger charge is -2.30. The lowest BCUT2D eigenvalue weighted by molar-refractivity contribution is -0.149. The van der Waals surface area contributed by atoms with Crippen molar-refractivity contribution in [2.24, 2.45) is 23.7 Å². The average Bonchev–Trinajstić information content (AvgIpc) is 3.36. The third-order valence-corrected chi connectivity index (χ3v) is 8.61. The van der Waals surface area contributed by atoms with E-state index in [2.05, 4.69) is 45.2 Å². The third-order valence-electron chi connectivity index (χ3n) is 6.50. The van der Waals surface area contributed by atoms with Crippen LogP contribution in [-0.4, -0.2) is 43.1 Å². The van der Waals surface area contributed by atoms with Crippen LogP contribution in [0.5, 0.6) is 5.75 Å². The predicted molar refractivity (Wildman–Crippen MR) is 131 cm³/mol. The summed E-state index contributed by atoms with van der Waals surface area (Å²) in [6.07, 6.45) is -0.869. The molecule has 2 aromatic carbocycles. The molecule has 9 nitrogen and oxygen atoms in total. The molecule has 3 aliphatic rings. The molecule has 178 valence electrons. The van der Waals surface area contributed by atoms with E-state index in [-0.39, 0.29) is 16.6 Å². The van der Waals surface area contributed by atoms with E-state index < -0.39 is 58.0 Å². The normalized spacial score (nSPS) is 29.1. The summed E-state index contributed by atoms with van der Waals surface area (Å²) in [6.45, 7) is 0. The Morgan fingerprint density at radius 3 is 2.29 bits per heavy atom. The van der Waals surface area contributed by atoms with E-state index in [1.165, 1.54) is 12.1 Å². The molecule has 1 aliphatic heterocycles. The van der Waals surface area contributed by atoms with Crippen molar-refractivity contribution in [1.82, 2.24) is 0 Å². The lowest BCUT2D eigenvalue weighted by atomic mass is 9.78. The molecular formula is C22H16I2O9S. The molecule has 2 bridgehead atoms. The van der Waals surface area contributed by atoms with E-state index in [0.717, 1.165) is 19.3 Å². The maximum Gasteiger partial charge on any atom is 0.338 e. The van der Waals surface area contributed by atoms with Gasteiger partial charge in [0.1, 0.15) is 18.0 Å². The Bertz CT molecular complexity index is 1290. The molecular weight excluding hydrogens is 694 g/mol. The summed E-state index contributed by atoms with van der Waals surface area (Å²) in [6, 6.07) is 9.98. The van der Waals surface area contributed by atoms with E-state index >= 15 is 0 Å². The van der Waals surface area contributed by atoms with Crippen LogP contribution >= 0.6 is 45.2 Å². The van der Waals surface area contributed by atoms with Gasteiger partial charge in [0.2, 0.25) is 0 Å². The number of halogens is 2. The highest BCUT2D eigenvalue weighted by molar-refractivity contribution is 14.1. The van der Waals surface area contributed by atoms with Gasteiger partial charge in [-0.3, -0.25) is 14.1 Å². The molecule has 1 heterocycles. The molecule has 0 spiro atoms. The zero-order valence-electron chi connectivity index (χ0n) is 17.1. The van der Waals surface area contributed by atoms with Gasteiger partial charge < -0.3 is 14.2 Å². The molecule has 2 saturated carbocycles. The van der Waals surface area contributed by atoms with Crippen LogP contribution in [-0.2, 0) is 29.2 Å². The average molecular weight is 710 g/mol. The SMILES string of the molecule is O=C(OC1C2CC3C1OC(=O)[C@@H]3C2C(=O)Oc1ccc(S(=O)(=O)O)cc1)c1cc(I)cc(I)c1. The summed E-state index contributed by atoms with van der Waals surface area (Å²) in [7, 11) is -4.38. The van der Waals surface area contributed by atoms with E-state index in [9.17, 15) is 22.8 Å². The highest BCUT2D eigenvalue weighted by Crippen LogP contribution is 2.59. The summed E-state index contributed by atoms with van der Waals surface area (Å²) in [4.78, 5) is 38.1. The molecule has 1 saturated heterocycles. The molecule has 12 heteroatoms. The second-order valence-electron chi connectivity index (χ2n) is 8.41. The molecule has 5 unspecified atom stereocenters. The minimum Gasteiger partial charge on any atom is -0.458 e. The van der Waals surface area contributed by atoms with Crippen LogP contribution in [0.1, 0.15) is 16.8 Å². The maximum absolute atomic E-state index is 13.1. The summed E-state index contributed by atoms with van der Waals surface area (Å²) in [5.41, 5.74) is 0.373. The first kappa shape index (κ1) is 23.9. The van der Waals surface area contributed by atoms with Gasteiger partial charge in [-0.05, 0) is 94.1 Å². The molecule has 1 N–H and O–H groups in total. The summed E-state index contributed by atoms with van der Waals surface area (Å²) < 4.78 is 49.9. The van der Waals surface area contributed by atoms with Gasteiger partial charge in [0.25, 0.3) is 10.1 Å². The number of hydrogen-bond acceptors (Lipinski definition) is 8. The Labute approximate surface area is 221 Å². The fraction of sp³-hybridized carbons (Fsp3) is 0.318. The van der Waals surface area contributed by atoms with Gasteiger partial charge in [0, 0.05) is 19.0 Å². The van der Waals surface area contributed by atoms with Crippen molar-refractivity contribution < 1.29 is 41.6 Å². The minimum absolute atomic E-state index is 0.0602. The van der Waals surface area contributed by atoms with Crippen LogP contribution < -0.4 is 4.74 Å². The van der Waals surface area contributed by atoms with E-state index in [0.29, 0.717) is 12.0 Å². The quantitative estimate of drug-likeness (QED) is 0.215. The monoisotopic (exact) mass is 710 g/mol. The minimum atomic E-state index is -4.38. The van der Waals surface area contributed by atoms with Gasteiger partial charge in [-0.25, -0.2) is 4.79 Å². The molecule has 2 aromatic rings. The molecule has 0 radical (unpaired) electrons. The summed E-state index contributed by atoms with van der Waals surface area (Å²) >= 11 is 4.21. The Morgan fingerprint density at radius 1 is 1.03 bits per heavy atom. The standard InChI is InChI=1S/C22H16I2O9S/c23-10-5-9(6-11(24)7-10)20(25)32-18-14-8-15-17(22(27)33-19(15)18)16(14)21(26)31-12-1-3-13(4-2-12)34(28,29)30/h1-7,14-19H,8H2,(H,28,29,30)/t14?,15?,16?,17-,18?,19?/m0/s1. The molecule has 34 heavy (non-hydrogen) atoms. The first-order valence-electron chi connectivity index (χ1n) is 10.2. The second kappa shape index (κ2) is 8.71. The molecule has 0 amide bonds. The van der Waals surface area contributed by atoms with Gasteiger partial charge in [-0.15, -0.1) is 0 Å². The van der Waals surface area contributed by atoms with E-state index in [4.69, 9.17) is 18.8 Å². The van der Waals surface area contributed by atoms with E-state index in [1.807, 2.05) is 6.07 Å². The third kappa shape index (κ3) is 4.22. The predicted octanol–water partition coefficient (Wildman–Crippen LogP) is 3.08. The lowest BCUT2D eigenvalue weighted by Crippen LogP contribution is -2.44. The zero-order chi connectivity index (χ0) is 24.4. The van der Waals surface area contributed by atoms with Gasteiger partial charge >= 0.3 is 17.9 Å². The number of fused-ring (bicyclic) bond motifs is 1. The van der Waals surface area contributed by atoms with Crippen LogP contribution in [0.2, 0.25) is 0 Å². The van der Waals surface area contributed by atoms with Crippen molar-refractivity contribution in [3.05, 3.63) is 55.2 Å². The van der Waals surface area contributed by atoms with Crippen LogP contribution in [0, 0.1) is 30.8 Å². The van der Waals surface area contributed by atoms with Crippen molar-refractivity contribution in [3.8, 4) is 5.75 Å². The number of carbonyl (C=O) groups is 3. The van der Waals surface area contributed by atoms with Crippen LogP contribution in [0.25, 0.3) is 0 Å². The van der Waals surface area contributed by atoms with Gasteiger partial charge in [-0.2, -0.15) is 8.42 Å². The molecule has 6 atom stereocenters. The first-order chi connectivity index (χ1) is 16.0. The number of esters is 3. The fourth-order valence-electron chi connectivity index (χ4n) is 5.20. The highest BCUT2D eigenvalue weighted by atomic mass is 127. The second-order valence-corrected chi connectivity index (χ2v) is 12.3. The van der Waals surface area contributed by atoms with Gasteiger partial charge in [0.05, 0.1) is 22.3 Å². The molecule has 0 aromatic heterocycles. The van der Waals surface area contributed by atoms with Crippen molar-refractivity contribution in [2.45, 2.75) is 23.5 Å². The number of ether oxygens (including phenoxy) is 3. The Balaban J connectivity index is 1.36. The molecule has 5 rings (SSSR count). The van der Waals surface area contributed by atoms with Crippen molar-refractivity contribution >= 4 is 73.2 Å². The maximum atomic E-state index is 13.1. The summed E-state index contributed by atoms with van der Waals surface area (Å²) in [5, 5.41) is 0. The molecule has 3 fully saturated rings. The van der Waals surface area contributed by atoms with E-state index in [1.54, 1.807) is 12.1 Å². The van der Waals surface area contributed by atoms with Crippen molar-refractivity contribution in [3.63, 3.8) is 0 Å². The smallest absolute Gasteiger partial charge is 0.338 e. The zero-order valence-corrected chi connectivity index (χ0v) is 22.2. The topological polar surface area (TPSA) is 133 Å². The Morgan fingerprint density at radius 2 is 1.68 bits per heavy atom. The highest BCUT2D eigenvalue weighted by Gasteiger charge is 2.70. The van der Waals surface area contributed by atoms with Gasteiger partial charge in [0.15, 0.2) is 0 Å². The largest absolute Gasteiger partial charge is 0.458 e. The number of benzene rings is 2. The van der Waals surface area contributed by atoms with Gasteiger partial charge in [-0.1, -0.05) is 0 Å². The molecule has 2 aliphatic carbocycles.